The van der Waals surface area contributed by atoms with Gasteiger partial charge in [-0.3, -0.25) is 9.69 Å². The van der Waals surface area contributed by atoms with Crippen LogP contribution in [-0.2, 0) is 16.1 Å². The van der Waals surface area contributed by atoms with Crippen LogP contribution in [0.2, 0.25) is 0 Å². The number of thioether (sulfide) groups is 2. The molecular weight excluding hydrogens is 358 g/mol. The van der Waals surface area contributed by atoms with Gasteiger partial charge in [0.2, 0.25) is 5.91 Å². The number of benzene rings is 1. The Morgan fingerprint density at radius 2 is 2.16 bits per heavy atom. The van der Waals surface area contributed by atoms with Crippen LogP contribution in [0.15, 0.2) is 59.7 Å². The normalized spacial score (nSPS) is 22.2. The highest BCUT2D eigenvalue weighted by atomic mass is 32.2. The van der Waals surface area contributed by atoms with Gasteiger partial charge in [0.05, 0.1) is 6.33 Å². The fourth-order valence-electron chi connectivity index (χ4n) is 2.89. The number of β-lactam (4-membered cyclic amide) rings is 1. The number of aromatic nitrogens is 2. The van der Waals surface area contributed by atoms with Gasteiger partial charge in [0.15, 0.2) is 0 Å². The number of carbonyl (C=O) groups is 2. The zero-order valence-electron chi connectivity index (χ0n) is 13.1. The van der Waals surface area contributed by atoms with E-state index in [1.165, 1.54) is 16.7 Å². The summed E-state index contributed by atoms with van der Waals surface area (Å²) in [7, 11) is 0. The first-order valence-electron chi connectivity index (χ1n) is 7.73. The van der Waals surface area contributed by atoms with Crippen LogP contribution in [0, 0.1) is 0 Å². The lowest BCUT2D eigenvalue weighted by atomic mass is 10.1. The van der Waals surface area contributed by atoms with Crippen LogP contribution in [0.3, 0.4) is 0 Å². The molecule has 0 radical (unpaired) electrons. The molecule has 1 fully saturated rings. The Morgan fingerprint density at radius 3 is 2.84 bits per heavy atom. The molecule has 1 amide bonds. The lowest BCUT2D eigenvalue weighted by Gasteiger charge is -2.47. The quantitative estimate of drug-likeness (QED) is 0.811. The second kappa shape index (κ2) is 6.61. The molecule has 6 nitrogen and oxygen atoms in total. The minimum Gasteiger partial charge on any atom is -0.477 e. The number of aliphatic carboxylic acids is 1. The zero-order chi connectivity index (χ0) is 17.4. The highest BCUT2D eigenvalue weighted by molar-refractivity contribution is 8.04. The molecule has 0 saturated carbocycles. The van der Waals surface area contributed by atoms with Crippen molar-refractivity contribution >= 4 is 35.4 Å². The topological polar surface area (TPSA) is 75.4 Å². The van der Waals surface area contributed by atoms with Crippen LogP contribution < -0.4 is 0 Å². The Kier molecular flexibility index (Phi) is 4.30. The number of imidazole rings is 1. The van der Waals surface area contributed by atoms with E-state index in [2.05, 4.69) is 4.98 Å². The third kappa shape index (κ3) is 3.07. The first-order chi connectivity index (χ1) is 12.1. The van der Waals surface area contributed by atoms with Crippen molar-refractivity contribution in [2.24, 2.45) is 0 Å². The Morgan fingerprint density at radius 1 is 1.36 bits per heavy atom. The molecule has 1 N–H and O–H groups in total. The number of carboxylic acid groups (broad SMARTS) is 1. The fraction of sp³-hybridized carbons (Fsp3) is 0.235. The molecule has 0 aliphatic carbocycles. The van der Waals surface area contributed by atoms with E-state index < -0.39 is 5.97 Å². The molecule has 1 aromatic carbocycles. The Bertz CT molecular complexity index is 833. The molecule has 2 atom stereocenters. The van der Waals surface area contributed by atoms with Gasteiger partial charge in [-0.15, -0.1) is 23.5 Å². The number of amides is 1. The van der Waals surface area contributed by atoms with Crippen molar-refractivity contribution in [3.63, 3.8) is 0 Å². The monoisotopic (exact) mass is 373 g/mol. The number of carboxylic acids is 1. The Hall–Kier alpha value is -2.19. The van der Waals surface area contributed by atoms with E-state index in [1.807, 2.05) is 35.0 Å². The number of rotatable bonds is 5. The summed E-state index contributed by atoms with van der Waals surface area (Å²) in [4.78, 5) is 30.1. The van der Waals surface area contributed by atoms with Gasteiger partial charge in [-0.1, -0.05) is 12.1 Å². The van der Waals surface area contributed by atoms with Gasteiger partial charge in [-0.2, -0.15) is 0 Å². The highest BCUT2D eigenvalue weighted by Gasteiger charge is 2.52. The average molecular weight is 373 g/mol. The van der Waals surface area contributed by atoms with Gasteiger partial charge < -0.3 is 9.67 Å². The zero-order valence-corrected chi connectivity index (χ0v) is 14.7. The molecule has 0 bridgehead atoms. The number of fused-ring (bicyclic) bond motifs is 1. The van der Waals surface area contributed by atoms with Crippen molar-refractivity contribution in [1.29, 1.82) is 0 Å². The maximum atomic E-state index is 12.4. The van der Waals surface area contributed by atoms with E-state index in [0.717, 1.165) is 17.0 Å². The summed E-state index contributed by atoms with van der Waals surface area (Å²) < 4.78 is 1.99. The lowest BCUT2D eigenvalue weighted by molar-refractivity contribution is -0.145. The second-order valence-electron chi connectivity index (χ2n) is 5.74. The van der Waals surface area contributed by atoms with E-state index in [-0.39, 0.29) is 22.2 Å². The molecule has 2 aliphatic rings. The van der Waals surface area contributed by atoms with Crippen LogP contribution in [0.5, 0.6) is 0 Å². The van der Waals surface area contributed by atoms with Crippen molar-refractivity contribution in [3.05, 3.63) is 60.3 Å². The molecule has 25 heavy (non-hydrogen) atoms. The van der Waals surface area contributed by atoms with Gasteiger partial charge in [-0.25, -0.2) is 9.78 Å². The molecule has 2 aromatic rings. The average Bonchev–Trinajstić information content (AvgIpc) is 3.13. The standard InChI is InChI=1S/C17H15N3O3S2/c21-15-14(16-20(15)13(17(22)23)5-8-24-16)25-12-3-1-11(2-4-12)9-19-7-6-18-10-19/h1-7,10,14,16H,8-9H2,(H,22,23)/t14?,16-/m0/s1. The van der Waals surface area contributed by atoms with Crippen molar-refractivity contribution in [2.75, 3.05) is 5.75 Å². The SMILES string of the molecule is O=C(O)C1=CCS[C@H]2C(Sc3ccc(Cn4ccnc4)cc3)C(=O)N12. The van der Waals surface area contributed by atoms with Gasteiger partial charge in [0.25, 0.3) is 0 Å². The number of nitrogens with zero attached hydrogens (tertiary/aromatic N) is 3. The van der Waals surface area contributed by atoms with Gasteiger partial charge >= 0.3 is 5.97 Å². The highest BCUT2D eigenvalue weighted by Crippen LogP contribution is 2.45. The van der Waals surface area contributed by atoms with Crippen molar-refractivity contribution in [2.45, 2.75) is 22.1 Å². The summed E-state index contributed by atoms with van der Waals surface area (Å²) in [6.07, 6.45) is 7.04. The van der Waals surface area contributed by atoms with E-state index in [9.17, 15) is 14.7 Å². The number of hydrogen-bond donors (Lipinski definition) is 1. The lowest BCUT2D eigenvalue weighted by Crippen LogP contribution is -2.62. The summed E-state index contributed by atoms with van der Waals surface area (Å²) in [5.41, 5.74) is 1.27. The van der Waals surface area contributed by atoms with Crippen molar-refractivity contribution in [1.82, 2.24) is 14.5 Å². The molecule has 1 saturated heterocycles. The smallest absolute Gasteiger partial charge is 0.352 e. The van der Waals surface area contributed by atoms with Crippen LogP contribution in [0.25, 0.3) is 0 Å². The largest absolute Gasteiger partial charge is 0.477 e. The van der Waals surface area contributed by atoms with Crippen molar-refractivity contribution < 1.29 is 14.7 Å². The minimum absolute atomic E-state index is 0.0979. The van der Waals surface area contributed by atoms with Crippen LogP contribution in [-0.4, -0.2) is 47.8 Å². The summed E-state index contributed by atoms with van der Waals surface area (Å²) >= 11 is 3.11. The predicted octanol–water partition coefficient (Wildman–Crippen LogP) is 2.28. The van der Waals surface area contributed by atoms with Crippen molar-refractivity contribution in [3.8, 4) is 0 Å². The van der Waals surface area contributed by atoms with Gasteiger partial charge in [0.1, 0.15) is 16.3 Å². The maximum Gasteiger partial charge on any atom is 0.352 e. The van der Waals surface area contributed by atoms with Gasteiger partial charge in [0, 0.05) is 29.6 Å². The third-order valence-electron chi connectivity index (χ3n) is 4.13. The molecule has 1 aromatic heterocycles. The summed E-state index contributed by atoms with van der Waals surface area (Å²) in [5, 5.41) is 8.88. The molecule has 4 rings (SSSR count). The van der Waals surface area contributed by atoms with E-state index >= 15 is 0 Å². The predicted molar refractivity (Wildman–Crippen MR) is 96.2 cm³/mol. The first-order valence-corrected chi connectivity index (χ1v) is 9.66. The molecule has 0 spiro atoms. The van der Waals surface area contributed by atoms with E-state index in [4.69, 9.17) is 0 Å². The molecule has 8 heteroatoms. The third-order valence-corrected chi connectivity index (χ3v) is 6.74. The van der Waals surface area contributed by atoms with Crippen LogP contribution in [0.4, 0.5) is 0 Å². The van der Waals surface area contributed by atoms with E-state index in [0.29, 0.717) is 5.75 Å². The molecule has 3 heterocycles. The minimum atomic E-state index is -1.04. The van der Waals surface area contributed by atoms with E-state index in [1.54, 1.807) is 30.4 Å². The van der Waals surface area contributed by atoms with Gasteiger partial charge in [-0.05, 0) is 23.8 Å². The number of hydrogen-bond acceptors (Lipinski definition) is 5. The Labute approximate surface area is 152 Å². The molecule has 1 unspecified atom stereocenters. The molecular formula is C17H15N3O3S2. The van der Waals surface area contributed by atoms with Crippen LogP contribution in [0.1, 0.15) is 5.56 Å². The summed E-state index contributed by atoms with van der Waals surface area (Å²) in [5.74, 6) is -0.541. The Balaban J connectivity index is 1.42. The fourth-order valence-corrected chi connectivity index (χ4v) is 5.44. The molecule has 2 aliphatic heterocycles. The molecule has 128 valence electrons. The second-order valence-corrected chi connectivity index (χ2v) is 8.11. The summed E-state index contributed by atoms with van der Waals surface area (Å²) in [6, 6.07) is 8.10. The first kappa shape index (κ1) is 16.3. The van der Waals surface area contributed by atoms with Crippen LogP contribution >= 0.6 is 23.5 Å². The maximum absolute atomic E-state index is 12.4. The summed E-state index contributed by atoms with van der Waals surface area (Å²) in [6.45, 7) is 0.756. The number of carbonyl (C=O) groups excluding carboxylic acids is 1.